The van der Waals surface area contributed by atoms with Crippen LogP contribution in [0.15, 0.2) is 0 Å². The summed E-state index contributed by atoms with van der Waals surface area (Å²) in [6.45, 7) is 3.19. The molecule has 0 aliphatic carbocycles. The SMILES string of the molecule is CN1CCC(CNC(=O)CC2CC3CCC(C2)N3)C1. The molecule has 19 heavy (non-hydrogen) atoms. The van der Waals surface area contributed by atoms with Gasteiger partial charge in [-0.1, -0.05) is 0 Å². The molecule has 0 aromatic carbocycles. The summed E-state index contributed by atoms with van der Waals surface area (Å²) in [5, 5.41) is 6.79. The summed E-state index contributed by atoms with van der Waals surface area (Å²) in [4.78, 5) is 14.4. The van der Waals surface area contributed by atoms with Gasteiger partial charge in [-0.15, -0.1) is 0 Å². The Kier molecular flexibility index (Phi) is 4.08. The van der Waals surface area contributed by atoms with Crippen LogP contribution in [0, 0.1) is 11.8 Å². The number of nitrogens with zero attached hydrogens (tertiary/aromatic N) is 1. The zero-order valence-corrected chi connectivity index (χ0v) is 12.0. The van der Waals surface area contributed by atoms with E-state index in [1.807, 2.05) is 0 Å². The maximum absolute atomic E-state index is 12.0. The van der Waals surface area contributed by atoms with E-state index < -0.39 is 0 Å². The highest BCUT2D eigenvalue weighted by Crippen LogP contribution is 2.32. The molecule has 0 spiro atoms. The molecule has 0 aromatic heterocycles. The van der Waals surface area contributed by atoms with Crippen LogP contribution in [-0.4, -0.2) is 49.6 Å². The largest absolute Gasteiger partial charge is 0.356 e. The van der Waals surface area contributed by atoms with Gasteiger partial charge >= 0.3 is 0 Å². The van der Waals surface area contributed by atoms with Crippen molar-refractivity contribution in [3.8, 4) is 0 Å². The highest BCUT2D eigenvalue weighted by Gasteiger charge is 2.34. The normalized spacial score (nSPS) is 38.6. The smallest absolute Gasteiger partial charge is 0.220 e. The Morgan fingerprint density at radius 2 is 1.95 bits per heavy atom. The highest BCUT2D eigenvalue weighted by molar-refractivity contribution is 5.76. The van der Waals surface area contributed by atoms with Gasteiger partial charge < -0.3 is 15.5 Å². The van der Waals surface area contributed by atoms with Crippen molar-refractivity contribution in [1.29, 1.82) is 0 Å². The topological polar surface area (TPSA) is 44.4 Å². The fourth-order valence-corrected chi connectivity index (χ4v) is 4.13. The van der Waals surface area contributed by atoms with Crippen LogP contribution >= 0.6 is 0 Å². The van der Waals surface area contributed by atoms with E-state index in [4.69, 9.17) is 0 Å². The summed E-state index contributed by atoms with van der Waals surface area (Å²) in [5.41, 5.74) is 0. The van der Waals surface area contributed by atoms with Crippen molar-refractivity contribution in [2.75, 3.05) is 26.7 Å². The highest BCUT2D eigenvalue weighted by atomic mass is 16.1. The van der Waals surface area contributed by atoms with Gasteiger partial charge in [0.1, 0.15) is 0 Å². The number of hydrogen-bond donors (Lipinski definition) is 2. The first-order valence-corrected chi connectivity index (χ1v) is 7.90. The van der Waals surface area contributed by atoms with Crippen LogP contribution in [0.2, 0.25) is 0 Å². The van der Waals surface area contributed by atoms with Crippen molar-refractivity contribution in [2.24, 2.45) is 11.8 Å². The minimum atomic E-state index is 0.279. The molecule has 3 rings (SSSR count). The predicted molar refractivity (Wildman–Crippen MR) is 75.9 cm³/mol. The Labute approximate surface area is 116 Å². The number of carbonyl (C=O) groups is 1. The molecule has 3 unspecified atom stereocenters. The van der Waals surface area contributed by atoms with Gasteiger partial charge in [0.15, 0.2) is 0 Å². The lowest BCUT2D eigenvalue weighted by molar-refractivity contribution is -0.122. The van der Waals surface area contributed by atoms with E-state index in [0.717, 1.165) is 19.5 Å². The molecule has 3 heterocycles. The summed E-state index contributed by atoms with van der Waals surface area (Å²) in [7, 11) is 2.16. The van der Waals surface area contributed by atoms with E-state index in [1.54, 1.807) is 0 Å². The van der Waals surface area contributed by atoms with Crippen LogP contribution in [0.4, 0.5) is 0 Å². The van der Waals surface area contributed by atoms with Crippen molar-refractivity contribution in [3.05, 3.63) is 0 Å². The van der Waals surface area contributed by atoms with Crippen LogP contribution < -0.4 is 10.6 Å². The molecular formula is C15H27N3O. The third-order valence-electron chi connectivity index (χ3n) is 5.12. The standard InChI is InChI=1S/C15H27N3O/c1-18-5-4-11(10-18)9-16-15(19)8-12-6-13-2-3-14(7-12)17-13/h11-14,17H,2-10H2,1H3,(H,16,19). The number of nitrogens with one attached hydrogen (secondary N) is 2. The van der Waals surface area contributed by atoms with Crippen LogP contribution in [0.25, 0.3) is 0 Å². The molecule has 3 saturated heterocycles. The monoisotopic (exact) mass is 265 g/mol. The van der Waals surface area contributed by atoms with Crippen molar-refractivity contribution in [3.63, 3.8) is 0 Å². The molecule has 108 valence electrons. The molecule has 4 nitrogen and oxygen atoms in total. The van der Waals surface area contributed by atoms with Crippen molar-refractivity contribution < 1.29 is 4.79 Å². The van der Waals surface area contributed by atoms with Gasteiger partial charge in [0.2, 0.25) is 5.91 Å². The summed E-state index contributed by atoms with van der Waals surface area (Å²) >= 11 is 0. The van der Waals surface area contributed by atoms with Crippen LogP contribution in [0.1, 0.15) is 38.5 Å². The third-order valence-corrected chi connectivity index (χ3v) is 5.12. The Balaban J connectivity index is 1.37. The van der Waals surface area contributed by atoms with Crippen molar-refractivity contribution in [2.45, 2.75) is 50.6 Å². The lowest BCUT2D eigenvalue weighted by atomic mass is 9.89. The van der Waals surface area contributed by atoms with Gasteiger partial charge in [-0.05, 0) is 57.5 Å². The van der Waals surface area contributed by atoms with Crippen LogP contribution in [0.5, 0.6) is 0 Å². The molecule has 3 aliphatic heterocycles. The Morgan fingerprint density at radius 1 is 1.21 bits per heavy atom. The van der Waals surface area contributed by atoms with Gasteiger partial charge in [0.25, 0.3) is 0 Å². The van der Waals surface area contributed by atoms with Gasteiger partial charge in [0.05, 0.1) is 0 Å². The molecule has 2 bridgehead atoms. The number of rotatable bonds is 4. The summed E-state index contributed by atoms with van der Waals surface area (Å²) < 4.78 is 0. The molecule has 3 aliphatic rings. The average molecular weight is 265 g/mol. The first kappa shape index (κ1) is 13.4. The Hall–Kier alpha value is -0.610. The fraction of sp³-hybridized carbons (Fsp3) is 0.933. The van der Waals surface area contributed by atoms with Gasteiger partial charge in [-0.2, -0.15) is 0 Å². The van der Waals surface area contributed by atoms with E-state index in [0.29, 0.717) is 23.9 Å². The summed E-state index contributed by atoms with van der Waals surface area (Å²) in [6.07, 6.45) is 7.02. The number of likely N-dealkylation sites (tertiary alicyclic amines) is 1. The zero-order valence-electron chi connectivity index (χ0n) is 12.0. The molecule has 0 aromatic rings. The summed E-state index contributed by atoms with van der Waals surface area (Å²) in [5.74, 6) is 1.56. The summed E-state index contributed by atoms with van der Waals surface area (Å²) in [6, 6.07) is 1.39. The number of fused-ring (bicyclic) bond motifs is 2. The zero-order chi connectivity index (χ0) is 13.2. The third kappa shape index (κ3) is 3.48. The maximum atomic E-state index is 12.0. The molecule has 0 saturated carbocycles. The van der Waals surface area contributed by atoms with Crippen LogP contribution in [0.3, 0.4) is 0 Å². The molecule has 1 amide bonds. The van der Waals surface area contributed by atoms with Gasteiger partial charge in [0, 0.05) is 31.6 Å². The van der Waals surface area contributed by atoms with E-state index in [-0.39, 0.29) is 5.91 Å². The quantitative estimate of drug-likeness (QED) is 0.796. The first-order chi connectivity index (χ1) is 9.19. The van der Waals surface area contributed by atoms with E-state index in [2.05, 4.69) is 22.6 Å². The van der Waals surface area contributed by atoms with Crippen LogP contribution in [-0.2, 0) is 4.79 Å². The predicted octanol–water partition coefficient (Wildman–Crippen LogP) is 0.975. The lowest BCUT2D eigenvalue weighted by Gasteiger charge is -2.28. The van der Waals surface area contributed by atoms with E-state index in [9.17, 15) is 4.79 Å². The number of hydrogen-bond acceptors (Lipinski definition) is 3. The maximum Gasteiger partial charge on any atom is 0.220 e. The second-order valence-corrected chi connectivity index (χ2v) is 6.90. The van der Waals surface area contributed by atoms with E-state index in [1.165, 1.54) is 38.6 Å². The number of amides is 1. The van der Waals surface area contributed by atoms with Gasteiger partial charge in [-0.25, -0.2) is 0 Å². The minimum absolute atomic E-state index is 0.279. The fourth-order valence-electron chi connectivity index (χ4n) is 4.13. The average Bonchev–Trinajstić information content (AvgIpc) is 2.93. The first-order valence-electron chi connectivity index (χ1n) is 7.90. The number of carbonyl (C=O) groups excluding carboxylic acids is 1. The second kappa shape index (κ2) is 5.80. The van der Waals surface area contributed by atoms with E-state index >= 15 is 0 Å². The van der Waals surface area contributed by atoms with Crippen molar-refractivity contribution in [1.82, 2.24) is 15.5 Å². The molecule has 0 radical (unpaired) electrons. The lowest BCUT2D eigenvalue weighted by Crippen LogP contribution is -2.40. The Bertz CT molecular complexity index is 321. The molecular weight excluding hydrogens is 238 g/mol. The molecule has 3 fully saturated rings. The molecule has 3 atom stereocenters. The second-order valence-electron chi connectivity index (χ2n) is 6.90. The number of piperidine rings is 1. The van der Waals surface area contributed by atoms with Crippen molar-refractivity contribution >= 4 is 5.91 Å². The molecule has 2 N–H and O–H groups in total. The Morgan fingerprint density at radius 3 is 2.58 bits per heavy atom. The van der Waals surface area contributed by atoms with Gasteiger partial charge in [-0.3, -0.25) is 4.79 Å². The minimum Gasteiger partial charge on any atom is -0.356 e. The molecule has 4 heteroatoms.